The third-order valence-electron chi connectivity index (χ3n) is 9.20. The van der Waals surface area contributed by atoms with Crippen molar-refractivity contribution in [3.8, 4) is 6.07 Å². The Hall–Kier alpha value is -2.02. The van der Waals surface area contributed by atoms with Gasteiger partial charge >= 0.3 is 5.97 Å². The summed E-state index contributed by atoms with van der Waals surface area (Å²) in [5.41, 5.74) is 2.96. The molecule has 4 aliphatic rings. The van der Waals surface area contributed by atoms with Crippen LogP contribution in [-0.4, -0.2) is 19.2 Å². The molecule has 6 atom stereocenters. The highest BCUT2D eigenvalue weighted by atomic mass is 16.5. The number of carbonyl (C=O) groups is 1. The maximum atomic E-state index is 11.4. The second kappa shape index (κ2) is 8.49. The van der Waals surface area contributed by atoms with E-state index in [0.717, 1.165) is 43.1 Å². The number of ether oxygens (including phenoxy) is 2. The summed E-state index contributed by atoms with van der Waals surface area (Å²) in [5.74, 6) is 3.32. The number of rotatable bonds is 5. The standard InChI is InChI=1S/C27H37NO3/c1-5-30-21-10-13-26(3)20(16-21)6-7-22-24-9-8-23(27(24,4)14-11-25(22)26)19(12-15-28)17-31-18(2)29/h6,12,16,22-25H,5,7-11,13-14,17H2,1-4H3/b19-12-/t22-,23+,24-,25-,26-,27+/m0/s1. The molecular weight excluding hydrogens is 386 g/mol. The fraction of sp³-hybridized carbons (Fsp3) is 0.704. The van der Waals surface area contributed by atoms with Gasteiger partial charge in [-0.2, -0.15) is 5.26 Å². The van der Waals surface area contributed by atoms with Gasteiger partial charge in [0.1, 0.15) is 6.61 Å². The first-order valence-electron chi connectivity index (χ1n) is 12.1. The Labute approximate surface area is 187 Å². The third kappa shape index (κ3) is 3.75. The van der Waals surface area contributed by atoms with Gasteiger partial charge in [0.25, 0.3) is 0 Å². The van der Waals surface area contributed by atoms with Crippen LogP contribution >= 0.6 is 0 Å². The first-order chi connectivity index (χ1) is 14.8. The predicted octanol–water partition coefficient (Wildman–Crippen LogP) is 6.11. The van der Waals surface area contributed by atoms with Crippen LogP contribution in [0, 0.1) is 45.8 Å². The molecule has 0 heterocycles. The van der Waals surface area contributed by atoms with Crippen molar-refractivity contribution in [3.63, 3.8) is 0 Å². The Morgan fingerprint density at radius 2 is 2.06 bits per heavy atom. The molecule has 0 aromatic rings. The Morgan fingerprint density at radius 1 is 1.26 bits per heavy atom. The quantitative estimate of drug-likeness (QED) is 0.395. The maximum Gasteiger partial charge on any atom is 0.302 e. The lowest BCUT2D eigenvalue weighted by atomic mass is 9.48. The summed E-state index contributed by atoms with van der Waals surface area (Å²) < 4.78 is 11.2. The minimum absolute atomic E-state index is 0.187. The van der Waals surface area contributed by atoms with Crippen molar-refractivity contribution in [2.24, 2.45) is 34.5 Å². The van der Waals surface area contributed by atoms with Crippen LogP contribution in [0.25, 0.3) is 0 Å². The van der Waals surface area contributed by atoms with Crippen LogP contribution in [0.1, 0.15) is 72.6 Å². The van der Waals surface area contributed by atoms with Crippen LogP contribution in [0.2, 0.25) is 0 Å². The van der Waals surface area contributed by atoms with Gasteiger partial charge in [0, 0.05) is 19.4 Å². The van der Waals surface area contributed by atoms with E-state index in [4.69, 9.17) is 9.47 Å². The summed E-state index contributed by atoms with van der Waals surface area (Å²) in [6.07, 6.45) is 14.6. The number of hydrogen-bond acceptors (Lipinski definition) is 4. The third-order valence-corrected chi connectivity index (χ3v) is 9.20. The van der Waals surface area contributed by atoms with Crippen LogP contribution in [0.15, 0.2) is 35.1 Å². The highest BCUT2D eigenvalue weighted by Gasteiger charge is 2.58. The zero-order valence-electron chi connectivity index (χ0n) is 19.6. The molecule has 0 bridgehead atoms. The molecule has 0 unspecified atom stereocenters. The molecule has 0 aromatic carbocycles. The summed E-state index contributed by atoms with van der Waals surface area (Å²) in [6, 6.07) is 2.21. The highest BCUT2D eigenvalue weighted by molar-refractivity contribution is 5.66. The van der Waals surface area contributed by atoms with Gasteiger partial charge in [0.05, 0.1) is 18.4 Å². The van der Waals surface area contributed by atoms with Crippen molar-refractivity contribution in [1.29, 1.82) is 5.26 Å². The number of hydrogen-bond donors (Lipinski definition) is 0. The van der Waals surface area contributed by atoms with Crippen LogP contribution < -0.4 is 0 Å². The molecule has 0 amide bonds. The molecule has 2 fully saturated rings. The van der Waals surface area contributed by atoms with Gasteiger partial charge < -0.3 is 9.47 Å². The van der Waals surface area contributed by atoms with Crippen molar-refractivity contribution >= 4 is 5.97 Å². The van der Waals surface area contributed by atoms with Gasteiger partial charge in [-0.3, -0.25) is 4.79 Å². The normalized spacial score (nSPS) is 39.3. The van der Waals surface area contributed by atoms with E-state index < -0.39 is 0 Å². The molecule has 4 nitrogen and oxygen atoms in total. The summed E-state index contributed by atoms with van der Waals surface area (Å²) in [5, 5.41) is 9.36. The number of nitriles is 1. The molecule has 168 valence electrons. The van der Waals surface area contributed by atoms with E-state index in [2.05, 4.69) is 39.0 Å². The molecule has 4 rings (SSSR count). The SMILES string of the molecule is CCOC1=CC2=CC[C@H]3[C@@H]4CC[C@H](/C(=C\C#N)COC(C)=O)[C@@]4(C)CC[C@@H]3[C@@]2(C)CC1. The highest BCUT2D eigenvalue weighted by Crippen LogP contribution is 2.66. The Kier molecular flexibility index (Phi) is 6.08. The number of esters is 1. The molecule has 0 N–H and O–H groups in total. The van der Waals surface area contributed by atoms with Gasteiger partial charge in [0.15, 0.2) is 0 Å². The molecule has 4 heteroatoms. The first-order valence-corrected chi connectivity index (χ1v) is 12.1. The number of fused-ring (bicyclic) bond motifs is 5. The fourth-order valence-electron chi connectivity index (χ4n) is 7.72. The molecule has 0 saturated heterocycles. The van der Waals surface area contributed by atoms with Gasteiger partial charge in [-0.1, -0.05) is 19.9 Å². The first kappa shape index (κ1) is 22.2. The van der Waals surface area contributed by atoms with E-state index in [-0.39, 0.29) is 23.4 Å². The largest absolute Gasteiger partial charge is 0.498 e. The Morgan fingerprint density at radius 3 is 2.77 bits per heavy atom. The van der Waals surface area contributed by atoms with Crippen molar-refractivity contribution in [2.75, 3.05) is 13.2 Å². The molecule has 0 radical (unpaired) electrons. The van der Waals surface area contributed by atoms with E-state index >= 15 is 0 Å². The topological polar surface area (TPSA) is 59.3 Å². The lowest BCUT2D eigenvalue weighted by Gasteiger charge is -2.57. The smallest absolute Gasteiger partial charge is 0.302 e. The molecule has 31 heavy (non-hydrogen) atoms. The van der Waals surface area contributed by atoms with Crippen molar-refractivity contribution in [3.05, 3.63) is 35.1 Å². The molecular formula is C27H37NO3. The van der Waals surface area contributed by atoms with Crippen molar-refractivity contribution in [2.45, 2.75) is 72.6 Å². The molecule has 4 aliphatic carbocycles. The van der Waals surface area contributed by atoms with Gasteiger partial charge in [-0.05, 0) is 97.2 Å². The van der Waals surface area contributed by atoms with E-state index in [0.29, 0.717) is 17.8 Å². The summed E-state index contributed by atoms with van der Waals surface area (Å²) in [7, 11) is 0. The zero-order chi connectivity index (χ0) is 22.2. The summed E-state index contributed by atoms with van der Waals surface area (Å²) in [4.78, 5) is 11.4. The van der Waals surface area contributed by atoms with E-state index in [1.54, 1.807) is 6.08 Å². The Balaban J connectivity index is 1.59. The molecule has 0 spiro atoms. The van der Waals surface area contributed by atoms with E-state index in [1.807, 2.05) is 0 Å². The second-order valence-electron chi connectivity index (χ2n) is 10.5. The van der Waals surface area contributed by atoms with Gasteiger partial charge in [-0.25, -0.2) is 0 Å². The molecule has 2 saturated carbocycles. The zero-order valence-corrected chi connectivity index (χ0v) is 19.6. The molecule has 0 aromatic heterocycles. The van der Waals surface area contributed by atoms with E-state index in [1.165, 1.54) is 38.2 Å². The van der Waals surface area contributed by atoms with Crippen LogP contribution in [0.4, 0.5) is 0 Å². The van der Waals surface area contributed by atoms with Crippen LogP contribution in [0.5, 0.6) is 0 Å². The lowest BCUT2D eigenvalue weighted by Crippen LogP contribution is -2.49. The van der Waals surface area contributed by atoms with E-state index in [9.17, 15) is 10.1 Å². The average Bonchev–Trinajstić information content (AvgIpc) is 3.08. The summed E-state index contributed by atoms with van der Waals surface area (Å²) in [6.45, 7) is 9.45. The minimum atomic E-state index is -0.276. The maximum absolute atomic E-state index is 11.4. The van der Waals surface area contributed by atoms with Crippen LogP contribution in [-0.2, 0) is 14.3 Å². The number of nitrogens with zero attached hydrogens (tertiary/aromatic N) is 1. The summed E-state index contributed by atoms with van der Waals surface area (Å²) >= 11 is 0. The van der Waals surface area contributed by atoms with Crippen molar-refractivity contribution < 1.29 is 14.3 Å². The minimum Gasteiger partial charge on any atom is -0.498 e. The molecule has 0 aliphatic heterocycles. The monoisotopic (exact) mass is 423 g/mol. The van der Waals surface area contributed by atoms with Crippen LogP contribution in [0.3, 0.4) is 0 Å². The Bertz CT molecular complexity index is 862. The number of allylic oxidation sites excluding steroid dienone is 5. The van der Waals surface area contributed by atoms with Crippen molar-refractivity contribution in [1.82, 2.24) is 0 Å². The number of carbonyl (C=O) groups excluding carboxylic acids is 1. The second-order valence-corrected chi connectivity index (χ2v) is 10.5. The van der Waals surface area contributed by atoms with Gasteiger partial charge in [0.2, 0.25) is 0 Å². The fourth-order valence-corrected chi connectivity index (χ4v) is 7.72. The van der Waals surface area contributed by atoms with Gasteiger partial charge in [-0.15, -0.1) is 0 Å². The average molecular weight is 424 g/mol. The predicted molar refractivity (Wildman–Crippen MR) is 121 cm³/mol. The lowest BCUT2D eigenvalue weighted by molar-refractivity contribution is -0.140.